The largest absolute Gasteiger partial charge is 0.391 e. The van der Waals surface area contributed by atoms with E-state index in [1.807, 2.05) is 12.3 Å². The van der Waals surface area contributed by atoms with Gasteiger partial charge < -0.3 is 10.6 Å². The first-order chi connectivity index (χ1) is 4.43. The van der Waals surface area contributed by atoms with Gasteiger partial charge in [0.1, 0.15) is 0 Å². The molecule has 0 aromatic heterocycles. The molecule has 0 spiro atoms. The number of hydrogen-bond acceptors (Lipinski definition) is 2. The van der Waals surface area contributed by atoms with E-state index in [0.717, 1.165) is 19.4 Å². The molecule has 0 fully saturated rings. The van der Waals surface area contributed by atoms with Gasteiger partial charge in [0, 0.05) is 6.54 Å². The molecule has 1 unspecified atom stereocenters. The highest BCUT2D eigenvalue weighted by atomic mass is 16.1. The van der Waals surface area contributed by atoms with Crippen LogP contribution in [0.4, 0.5) is 0 Å². The summed E-state index contributed by atoms with van der Waals surface area (Å²) in [7, 11) is 0. The van der Waals surface area contributed by atoms with E-state index in [1.54, 1.807) is 0 Å². The number of hydrogen-bond donors (Lipinski definition) is 2. The van der Waals surface area contributed by atoms with Crippen molar-refractivity contribution in [3.63, 3.8) is 0 Å². The highest BCUT2D eigenvalue weighted by Crippen LogP contribution is 1.95. The smallest absolute Gasteiger partial charge is 0.207 e. The molecule has 3 heteroatoms. The van der Waals surface area contributed by atoms with Crippen molar-refractivity contribution in [2.75, 3.05) is 6.54 Å². The zero-order chi connectivity index (χ0) is 6.53. The van der Waals surface area contributed by atoms with Crippen LogP contribution < -0.4 is 10.6 Å². The van der Waals surface area contributed by atoms with Crippen molar-refractivity contribution in [3.05, 3.63) is 12.3 Å². The number of carbonyl (C=O) groups excluding carboxylic acids is 1. The number of nitrogens with one attached hydrogen (secondary N) is 2. The van der Waals surface area contributed by atoms with Crippen LogP contribution in [0.25, 0.3) is 0 Å². The van der Waals surface area contributed by atoms with Crippen LogP contribution in [-0.4, -0.2) is 19.0 Å². The lowest BCUT2D eigenvalue weighted by Gasteiger charge is -2.15. The lowest BCUT2D eigenvalue weighted by molar-refractivity contribution is -0.109. The molecule has 0 aromatic carbocycles. The predicted octanol–water partition coefficient (Wildman–Crippen LogP) is -0.392. The third-order valence-corrected chi connectivity index (χ3v) is 1.33. The van der Waals surface area contributed by atoms with E-state index >= 15 is 0 Å². The van der Waals surface area contributed by atoms with Gasteiger partial charge in [0.05, 0.1) is 6.04 Å². The Balaban J connectivity index is 2.31. The summed E-state index contributed by atoms with van der Waals surface area (Å²) >= 11 is 0. The van der Waals surface area contributed by atoms with Crippen LogP contribution >= 0.6 is 0 Å². The minimum Gasteiger partial charge on any atom is -0.391 e. The fourth-order valence-corrected chi connectivity index (χ4v) is 0.829. The summed E-state index contributed by atoms with van der Waals surface area (Å²) in [5.41, 5.74) is 0. The van der Waals surface area contributed by atoms with Crippen LogP contribution in [0.5, 0.6) is 0 Å². The maximum atomic E-state index is 9.91. The Morgan fingerprint density at radius 3 is 3.22 bits per heavy atom. The van der Waals surface area contributed by atoms with Gasteiger partial charge in [0.2, 0.25) is 6.41 Å². The summed E-state index contributed by atoms with van der Waals surface area (Å²) in [6, 6.07) is 0.240. The van der Waals surface area contributed by atoms with Gasteiger partial charge in [0.25, 0.3) is 0 Å². The van der Waals surface area contributed by atoms with Crippen molar-refractivity contribution in [2.45, 2.75) is 12.5 Å². The fraction of sp³-hybridized carbons (Fsp3) is 0.500. The number of rotatable bonds is 2. The van der Waals surface area contributed by atoms with Gasteiger partial charge in [-0.3, -0.25) is 4.79 Å². The van der Waals surface area contributed by atoms with E-state index < -0.39 is 0 Å². The molecule has 50 valence electrons. The molecule has 1 aliphatic heterocycles. The molecule has 0 saturated heterocycles. The monoisotopic (exact) mass is 126 g/mol. The molecule has 1 atom stereocenters. The topological polar surface area (TPSA) is 41.1 Å². The zero-order valence-electron chi connectivity index (χ0n) is 5.13. The third kappa shape index (κ3) is 1.76. The van der Waals surface area contributed by atoms with Crippen LogP contribution in [0.3, 0.4) is 0 Å². The quantitative estimate of drug-likeness (QED) is 0.495. The molecule has 0 aliphatic carbocycles. The molecule has 1 rings (SSSR count). The first-order valence-electron chi connectivity index (χ1n) is 3.03. The second kappa shape index (κ2) is 3.12. The molecular weight excluding hydrogens is 116 g/mol. The lowest BCUT2D eigenvalue weighted by atomic mass is 10.2. The van der Waals surface area contributed by atoms with Crippen molar-refractivity contribution >= 4 is 6.41 Å². The minimum atomic E-state index is 0.240. The highest BCUT2D eigenvalue weighted by molar-refractivity contribution is 5.47. The Morgan fingerprint density at radius 2 is 2.67 bits per heavy atom. The van der Waals surface area contributed by atoms with E-state index in [9.17, 15) is 4.79 Å². The third-order valence-electron chi connectivity index (χ3n) is 1.33. The van der Waals surface area contributed by atoms with Gasteiger partial charge in [-0.05, 0) is 18.7 Å². The van der Waals surface area contributed by atoms with Crippen molar-refractivity contribution in [3.8, 4) is 0 Å². The molecule has 2 N–H and O–H groups in total. The average Bonchev–Trinajstić information content (AvgIpc) is 1.91. The SMILES string of the molecule is O=CNC1C=CNCC1. The van der Waals surface area contributed by atoms with Crippen molar-refractivity contribution in [1.82, 2.24) is 10.6 Å². The van der Waals surface area contributed by atoms with Gasteiger partial charge in [0.15, 0.2) is 0 Å². The van der Waals surface area contributed by atoms with Crippen LogP contribution in [0.15, 0.2) is 12.3 Å². The second-order valence-corrected chi connectivity index (χ2v) is 1.99. The van der Waals surface area contributed by atoms with Crippen molar-refractivity contribution < 1.29 is 4.79 Å². The molecule has 0 saturated carbocycles. The molecule has 3 nitrogen and oxygen atoms in total. The first-order valence-corrected chi connectivity index (χ1v) is 3.03. The van der Waals surface area contributed by atoms with E-state index in [1.165, 1.54) is 0 Å². The molecule has 0 bridgehead atoms. The molecule has 1 aliphatic rings. The van der Waals surface area contributed by atoms with Gasteiger partial charge in [-0.1, -0.05) is 0 Å². The normalized spacial score (nSPS) is 24.7. The Bertz CT molecular complexity index is 122. The maximum absolute atomic E-state index is 9.91. The Morgan fingerprint density at radius 1 is 1.78 bits per heavy atom. The molecule has 0 aromatic rings. The van der Waals surface area contributed by atoms with Crippen molar-refractivity contribution in [2.24, 2.45) is 0 Å². The van der Waals surface area contributed by atoms with E-state index in [4.69, 9.17) is 0 Å². The standard InChI is InChI=1S/C6H10N2O/c9-5-8-6-1-3-7-4-2-6/h1,3,5-7H,2,4H2,(H,8,9). The molecule has 9 heavy (non-hydrogen) atoms. The van der Waals surface area contributed by atoms with Gasteiger partial charge in [-0.2, -0.15) is 0 Å². The fourth-order valence-electron chi connectivity index (χ4n) is 0.829. The predicted molar refractivity (Wildman–Crippen MR) is 34.7 cm³/mol. The summed E-state index contributed by atoms with van der Waals surface area (Å²) in [5.74, 6) is 0. The molecular formula is C6H10N2O. The van der Waals surface area contributed by atoms with Crippen LogP contribution in [0, 0.1) is 0 Å². The lowest BCUT2D eigenvalue weighted by Crippen LogP contribution is -2.32. The van der Waals surface area contributed by atoms with E-state index in [2.05, 4.69) is 10.6 Å². The Labute approximate surface area is 54.1 Å². The van der Waals surface area contributed by atoms with Gasteiger partial charge >= 0.3 is 0 Å². The highest BCUT2D eigenvalue weighted by Gasteiger charge is 2.03. The summed E-state index contributed by atoms with van der Waals surface area (Å²) in [6.45, 7) is 0.946. The van der Waals surface area contributed by atoms with Gasteiger partial charge in [-0.25, -0.2) is 0 Å². The zero-order valence-corrected chi connectivity index (χ0v) is 5.13. The number of amides is 1. The average molecular weight is 126 g/mol. The summed E-state index contributed by atoms with van der Waals surface area (Å²) in [4.78, 5) is 9.91. The first kappa shape index (κ1) is 6.13. The van der Waals surface area contributed by atoms with E-state index in [-0.39, 0.29) is 6.04 Å². The minimum absolute atomic E-state index is 0.240. The van der Waals surface area contributed by atoms with Gasteiger partial charge in [-0.15, -0.1) is 0 Å². The Kier molecular flexibility index (Phi) is 2.13. The maximum Gasteiger partial charge on any atom is 0.207 e. The summed E-state index contributed by atoms with van der Waals surface area (Å²) in [5, 5.41) is 5.71. The van der Waals surface area contributed by atoms with Crippen LogP contribution in [0.1, 0.15) is 6.42 Å². The van der Waals surface area contributed by atoms with E-state index in [0.29, 0.717) is 0 Å². The second-order valence-electron chi connectivity index (χ2n) is 1.99. The van der Waals surface area contributed by atoms with Crippen LogP contribution in [0.2, 0.25) is 0 Å². The van der Waals surface area contributed by atoms with Crippen molar-refractivity contribution in [1.29, 1.82) is 0 Å². The van der Waals surface area contributed by atoms with Crippen LogP contribution in [-0.2, 0) is 4.79 Å². The summed E-state index contributed by atoms with van der Waals surface area (Å²) < 4.78 is 0. The molecule has 1 heterocycles. The Hall–Kier alpha value is -0.990. The number of carbonyl (C=O) groups is 1. The molecule has 1 amide bonds. The molecule has 0 radical (unpaired) electrons. The summed E-state index contributed by atoms with van der Waals surface area (Å²) in [6.07, 6.45) is 5.53.